The van der Waals surface area contributed by atoms with Gasteiger partial charge in [-0.15, -0.1) is 0 Å². The summed E-state index contributed by atoms with van der Waals surface area (Å²) in [7, 11) is 0. The molecule has 0 aliphatic carbocycles. The molecule has 3 nitrogen and oxygen atoms in total. The highest BCUT2D eigenvalue weighted by molar-refractivity contribution is 14.1. The number of halogens is 1. The number of hydrogen-bond acceptors (Lipinski definition) is 3. The van der Waals surface area contributed by atoms with Gasteiger partial charge in [-0.1, -0.05) is 0 Å². The fraction of sp³-hybridized carbons (Fsp3) is 0.143. The Labute approximate surface area is 78.4 Å². The van der Waals surface area contributed by atoms with Gasteiger partial charge in [0.2, 0.25) is 0 Å². The van der Waals surface area contributed by atoms with E-state index in [1.165, 1.54) is 0 Å². The molecule has 1 heterocycles. The van der Waals surface area contributed by atoms with Crippen molar-refractivity contribution in [3.63, 3.8) is 0 Å². The van der Waals surface area contributed by atoms with Crippen molar-refractivity contribution in [1.29, 1.82) is 5.26 Å². The third-order valence-electron chi connectivity index (χ3n) is 1.17. The number of aromatic nitrogens is 1. The van der Waals surface area contributed by atoms with E-state index in [-0.39, 0.29) is 0 Å². The average Bonchev–Trinajstić information content (AvgIpc) is 2.03. The van der Waals surface area contributed by atoms with Crippen LogP contribution in [0.1, 0.15) is 11.4 Å². The zero-order chi connectivity index (χ0) is 8.27. The second-order valence-corrected chi connectivity index (χ2v) is 3.22. The Morgan fingerprint density at radius 1 is 1.64 bits per heavy atom. The molecule has 0 bridgehead atoms. The number of nitrogens with two attached hydrogens (primary N) is 1. The first kappa shape index (κ1) is 8.43. The molecule has 0 saturated heterocycles. The van der Waals surface area contributed by atoms with Crippen LogP contribution in [0.25, 0.3) is 0 Å². The predicted octanol–water partition coefficient (Wildman–Crippen LogP) is 1.02. The minimum Gasteiger partial charge on any atom is -0.325 e. The lowest BCUT2D eigenvalue weighted by atomic mass is 10.3. The van der Waals surface area contributed by atoms with Crippen LogP contribution >= 0.6 is 22.6 Å². The fourth-order valence-corrected chi connectivity index (χ4v) is 1.37. The van der Waals surface area contributed by atoms with Crippen molar-refractivity contribution in [3.8, 4) is 6.07 Å². The molecule has 1 rings (SSSR count). The summed E-state index contributed by atoms with van der Waals surface area (Å²) in [6.07, 6.45) is 0. The Bertz CT molecular complexity index is 303. The molecule has 1 aromatic rings. The molecule has 0 fully saturated rings. The highest BCUT2D eigenvalue weighted by Gasteiger charge is 1.97. The maximum atomic E-state index is 8.53. The summed E-state index contributed by atoms with van der Waals surface area (Å²) in [5.74, 6) is 0. The summed E-state index contributed by atoms with van der Waals surface area (Å²) >= 11 is 2.13. The Morgan fingerprint density at radius 2 is 2.36 bits per heavy atom. The van der Waals surface area contributed by atoms with E-state index in [1.54, 1.807) is 6.07 Å². The van der Waals surface area contributed by atoms with E-state index < -0.39 is 0 Å². The van der Waals surface area contributed by atoms with Gasteiger partial charge in [0.15, 0.2) is 0 Å². The monoisotopic (exact) mass is 259 g/mol. The first-order valence-electron chi connectivity index (χ1n) is 3.03. The topological polar surface area (TPSA) is 62.7 Å². The van der Waals surface area contributed by atoms with Gasteiger partial charge in [0.05, 0.1) is 5.69 Å². The minimum atomic E-state index is 0.380. The van der Waals surface area contributed by atoms with Crippen molar-refractivity contribution in [2.24, 2.45) is 5.73 Å². The summed E-state index contributed by atoms with van der Waals surface area (Å²) in [4.78, 5) is 3.98. The van der Waals surface area contributed by atoms with Crippen LogP contribution in [-0.4, -0.2) is 4.98 Å². The molecule has 0 saturated carbocycles. The fourth-order valence-electron chi connectivity index (χ4n) is 0.713. The van der Waals surface area contributed by atoms with Gasteiger partial charge in [0.25, 0.3) is 0 Å². The summed E-state index contributed by atoms with van der Waals surface area (Å²) in [5.41, 5.74) is 6.55. The third kappa shape index (κ3) is 2.13. The molecule has 0 aromatic carbocycles. The minimum absolute atomic E-state index is 0.380. The quantitative estimate of drug-likeness (QED) is 0.766. The number of nitrogens with zero attached hydrogens (tertiary/aromatic N) is 2. The molecule has 11 heavy (non-hydrogen) atoms. The van der Waals surface area contributed by atoms with Crippen molar-refractivity contribution in [2.45, 2.75) is 6.54 Å². The van der Waals surface area contributed by atoms with Gasteiger partial charge in [-0.05, 0) is 34.7 Å². The van der Waals surface area contributed by atoms with E-state index >= 15 is 0 Å². The molecule has 0 aliphatic heterocycles. The Morgan fingerprint density at radius 3 is 2.91 bits per heavy atom. The zero-order valence-electron chi connectivity index (χ0n) is 5.71. The van der Waals surface area contributed by atoms with E-state index in [1.807, 2.05) is 12.1 Å². The van der Waals surface area contributed by atoms with E-state index in [2.05, 4.69) is 27.6 Å². The molecule has 0 spiro atoms. The first-order chi connectivity index (χ1) is 5.26. The predicted molar refractivity (Wildman–Crippen MR) is 49.6 cm³/mol. The lowest BCUT2D eigenvalue weighted by Gasteiger charge is -1.96. The molecule has 0 unspecified atom stereocenters. The maximum absolute atomic E-state index is 8.53. The zero-order valence-corrected chi connectivity index (χ0v) is 7.87. The Hall–Kier alpha value is -0.670. The molecular weight excluding hydrogens is 253 g/mol. The van der Waals surface area contributed by atoms with Crippen LogP contribution in [0.3, 0.4) is 0 Å². The molecule has 1 aromatic heterocycles. The van der Waals surface area contributed by atoms with Crippen molar-refractivity contribution < 1.29 is 0 Å². The molecule has 0 amide bonds. The van der Waals surface area contributed by atoms with Gasteiger partial charge < -0.3 is 5.73 Å². The van der Waals surface area contributed by atoms with Crippen molar-refractivity contribution in [1.82, 2.24) is 4.98 Å². The van der Waals surface area contributed by atoms with Crippen molar-refractivity contribution in [2.75, 3.05) is 0 Å². The van der Waals surface area contributed by atoms with E-state index in [4.69, 9.17) is 11.0 Å². The molecule has 0 aliphatic rings. The third-order valence-corrected chi connectivity index (χ3v) is 1.79. The second-order valence-electron chi connectivity index (χ2n) is 1.98. The summed E-state index contributed by atoms with van der Waals surface area (Å²) in [6, 6.07) is 5.56. The highest BCUT2D eigenvalue weighted by Crippen LogP contribution is 2.07. The maximum Gasteiger partial charge on any atom is 0.141 e. The summed E-state index contributed by atoms with van der Waals surface area (Å²) in [6.45, 7) is 0.380. The van der Waals surface area contributed by atoms with Crippen LogP contribution in [0, 0.1) is 14.9 Å². The van der Waals surface area contributed by atoms with Crippen LogP contribution in [0.2, 0.25) is 0 Å². The lowest BCUT2D eigenvalue weighted by Crippen LogP contribution is -2.01. The van der Waals surface area contributed by atoms with Crippen LogP contribution in [0.15, 0.2) is 12.1 Å². The van der Waals surface area contributed by atoms with Crippen LogP contribution in [-0.2, 0) is 6.54 Å². The van der Waals surface area contributed by atoms with Crippen LogP contribution < -0.4 is 5.73 Å². The average molecular weight is 259 g/mol. The SMILES string of the molecule is N#Cc1cc(I)cc(CN)n1. The normalized spacial score (nSPS) is 9.18. The van der Waals surface area contributed by atoms with Crippen molar-refractivity contribution in [3.05, 3.63) is 27.1 Å². The van der Waals surface area contributed by atoms with Crippen LogP contribution in [0.4, 0.5) is 0 Å². The van der Waals surface area contributed by atoms with Gasteiger partial charge in [0, 0.05) is 10.1 Å². The number of rotatable bonds is 1. The van der Waals surface area contributed by atoms with Gasteiger partial charge in [-0.3, -0.25) is 0 Å². The largest absolute Gasteiger partial charge is 0.325 e. The standard InChI is InChI=1S/C7H6IN3/c8-5-1-6(3-9)11-7(2-5)4-10/h1-2H,3,9H2. The van der Waals surface area contributed by atoms with Gasteiger partial charge in [-0.25, -0.2) is 4.98 Å². The number of hydrogen-bond donors (Lipinski definition) is 1. The number of pyridine rings is 1. The van der Waals surface area contributed by atoms with Gasteiger partial charge in [-0.2, -0.15) is 5.26 Å². The smallest absolute Gasteiger partial charge is 0.141 e. The van der Waals surface area contributed by atoms with Crippen LogP contribution in [0.5, 0.6) is 0 Å². The molecule has 2 N–H and O–H groups in total. The number of nitriles is 1. The van der Waals surface area contributed by atoms with Gasteiger partial charge in [0.1, 0.15) is 11.8 Å². The van der Waals surface area contributed by atoms with E-state index in [0.717, 1.165) is 9.26 Å². The molecule has 0 atom stereocenters. The highest BCUT2D eigenvalue weighted by atomic mass is 127. The molecule has 4 heteroatoms. The molecular formula is C7H6IN3. The Kier molecular flexibility index (Phi) is 2.79. The van der Waals surface area contributed by atoms with E-state index in [9.17, 15) is 0 Å². The summed E-state index contributed by atoms with van der Waals surface area (Å²) < 4.78 is 0.995. The summed E-state index contributed by atoms with van der Waals surface area (Å²) in [5, 5.41) is 8.53. The second kappa shape index (κ2) is 3.64. The van der Waals surface area contributed by atoms with Crippen molar-refractivity contribution >= 4 is 22.6 Å². The van der Waals surface area contributed by atoms with Gasteiger partial charge >= 0.3 is 0 Å². The van der Waals surface area contributed by atoms with E-state index in [0.29, 0.717) is 12.2 Å². The Balaban J connectivity index is 3.15. The lowest BCUT2D eigenvalue weighted by molar-refractivity contribution is 0.978. The molecule has 0 radical (unpaired) electrons. The first-order valence-corrected chi connectivity index (χ1v) is 4.11. The molecule has 56 valence electrons.